The minimum Gasteiger partial charge on any atom is -0.335 e. The van der Waals surface area contributed by atoms with Crippen LogP contribution in [-0.4, -0.2) is 0 Å². The van der Waals surface area contributed by atoms with E-state index in [1.807, 2.05) is 0 Å². The Balaban J connectivity index is 0.00000243. The van der Waals surface area contributed by atoms with Gasteiger partial charge in [-0.25, -0.2) is 0 Å². The van der Waals surface area contributed by atoms with E-state index in [1.54, 1.807) is 0 Å². The Morgan fingerprint density at radius 2 is 1.35 bits per heavy atom. The molecular formula is C25H26U. The van der Waals surface area contributed by atoms with Crippen molar-refractivity contribution in [2.75, 3.05) is 0 Å². The molecule has 0 fully saturated rings. The van der Waals surface area contributed by atoms with Gasteiger partial charge in [0.1, 0.15) is 0 Å². The second-order valence-corrected chi connectivity index (χ2v) is 7.16. The van der Waals surface area contributed by atoms with Crippen LogP contribution in [0.25, 0.3) is 0 Å². The van der Waals surface area contributed by atoms with E-state index in [2.05, 4.69) is 101 Å². The van der Waals surface area contributed by atoms with Gasteiger partial charge in [-0.05, 0) is 43.4 Å². The fraction of sp³-hybridized carbons (Fsp3) is 0.240. The molecule has 1 heteroatoms. The van der Waals surface area contributed by atoms with Gasteiger partial charge in [-0.2, -0.15) is 35.4 Å². The molecule has 0 aliphatic carbocycles. The summed E-state index contributed by atoms with van der Waals surface area (Å²) >= 11 is 0. The van der Waals surface area contributed by atoms with E-state index in [0.29, 0.717) is 0 Å². The van der Waals surface area contributed by atoms with Gasteiger partial charge in [0.2, 0.25) is 0 Å². The molecule has 0 bridgehead atoms. The molecule has 3 aromatic rings. The third-order valence-corrected chi connectivity index (χ3v) is 5.13. The number of aryl methyl sites for hydroxylation is 4. The van der Waals surface area contributed by atoms with Crippen LogP contribution in [0.3, 0.4) is 0 Å². The van der Waals surface area contributed by atoms with Gasteiger partial charge < -0.3 is 6.92 Å². The summed E-state index contributed by atoms with van der Waals surface area (Å²) in [5, 5.41) is 0. The summed E-state index contributed by atoms with van der Waals surface area (Å²) in [6.45, 7) is 13.1. The van der Waals surface area contributed by atoms with E-state index >= 15 is 0 Å². The van der Waals surface area contributed by atoms with E-state index < -0.39 is 0 Å². The molecule has 0 nitrogen and oxygen atoms in total. The topological polar surface area (TPSA) is 0 Å². The number of rotatable bonds is 4. The zero-order valence-electron chi connectivity index (χ0n) is 16.1. The number of hydrogen-bond acceptors (Lipinski definition) is 0. The maximum absolute atomic E-state index is 4.56. The molecule has 0 heterocycles. The van der Waals surface area contributed by atoms with Crippen molar-refractivity contribution in [3.8, 4) is 0 Å². The third-order valence-electron chi connectivity index (χ3n) is 5.13. The molecule has 0 N–H and O–H groups in total. The average molecular weight is 565 g/mol. The Kier molecular flexibility index (Phi) is 7.34. The van der Waals surface area contributed by atoms with Crippen molar-refractivity contribution in [3.05, 3.63) is 113 Å². The van der Waals surface area contributed by atoms with Crippen LogP contribution in [0, 0.1) is 71.8 Å². The first-order chi connectivity index (χ1) is 12.0. The smallest absolute Gasteiger partial charge is 0.335 e. The van der Waals surface area contributed by atoms with Crippen LogP contribution in [0.1, 0.15) is 50.8 Å². The minimum atomic E-state index is 0. The van der Waals surface area contributed by atoms with Crippen LogP contribution in [0.5, 0.6) is 0 Å². The molecule has 2 atom stereocenters. The van der Waals surface area contributed by atoms with E-state index in [1.165, 1.54) is 38.9 Å². The number of benzene rings is 3. The summed E-state index contributed by atoms with van der Waals surface area (Å²) in [7, 11) is 0. The monoisotopic (exact) mass is 564 g/mol. The SMILES string of the molecule is [CH2-]C(c1ccc(C)c(C)c1)C(c1[c-]cc(C)cc1)c1ccc(C)cc1.[U+2]. The summed E-state index contributed by atoms with van der Waals surface area (Å²) in [5.74, 6) is 0.337. The molecule has 0 aliphatic rings. The Hall–Kier alpha value is -1.29. The van der Waals surface area contributed by atoms with Crippen LogP contribution in [0.4, 0.5) is 0 Å². The predicted molar refractivity (Wildman–Crippen MR) is 107 cm³/mol. The molecule has 0 saturated heterocycles. The predicted octanol–water partition coefficient (Wildman–Crippen LogP) is 6.47. The van der Waals surface area contributed by atoms with Crippen molar-refractivity contribution in [3.63, 3.8) is 0 Å². The van der Waals surface area contributed by atoms with Gasteiger partial charge in [-0.15, -0.1) is 5.92 Å². The van der Waals surface area contributed by atoms with Gasteiger partial charge in [-0.3, -0.25) is 0 Å². The van der Waals surface area contributed by atoms with Crippen LogP contribution < -0.4 is 0 Å². The Labute approximate surface area is 182 Å². The summed E-state index contributed by atoms with van der Waals surface area (Å²) in [5.41, 5.74) is 8.94. The van der Waals surface area contributed by atoms with Crippen LogP contribution in [0.2, 0.25) is 0 Å². The standard InChI is InChI=1S/C25H26.U/c1-17-6-11-22(12-7-17)25(23-13-8-18(2)9-14-23)21(5)24-15-10-19(3)20(4)16-24;/h6-13,15-16,21,25H,5H2,1-4H3;/q-2;+2. The molecule has 0 radical (unpaired) electrons. The van der Waals surface area contributed by atoms with E-state index in [4.69, 9.17) is 0 Å². The molecule has 0 amide bonds. The van der Waals surface area contributed by atoms with E-state index in [-0.39, 0.29) is 42.9 Å². The van der Waals surface area contributed by atoms with Crippen LogP contribution in [0.15, 0.2) is 60.7 Å². The van der Waals surface area contributed by atoms with E-state index in [0.717, 1.165) is 0 Å². The maximum Gasteiger partial charge on any atom is 2.00 e. The minimum absolute atomic E-state index is 0. The first-order valence-electron chi connectivity index (χ1n) is 8.91. The molecule has 130 valence electrons. The van der Waals surface area contributed by atoms with Crippen molar-refractivity contribution in [1.82, 2.24) is 0 Å². The zero-order chi connectivity index (χ0) is 18.0. The van der Waals surface area contributed by atoms with Gasteiger partial charge in [0.15, 0.2) is 0 Å². The van der Waals surface area contributed by atoms with Gasteiger partial charge in [0, 0.05) is 0 Å². The van der Waals surface area contributed by atoms with Crippen molar-refractivity contribution in [1.29, 1.82) is 0 Å². The zero-order valence-corrected chi connectivity index (χ0v) is 20.3. The van der Waals surface area contributed by atoms with Crippen LogP contribution in [-0.2, 0) is 0 Å². The van der Waals surface area contributed by atoms with Crippen molar-refractivity contribution in [2.45, 2.75) is 39.5 Å². The molecule has 2 unspecified atom stereocenters. The molecule has 3 rings (SSSR count). The van der Waals surface area contributed by atoms with Crippen LogP contribution >= 0.6 is 0 Å². The van der Waals surface area contributed by atoms with Gasteiger partial charge in [0.25, 0.3) is 0 Å². The molecule has 3 aromatic carbocycles. The molecule has 0 aromatic heterocycles. The third kappa shape index (κ3) is 4.70. The van der Waals surface area contributed by atoms with E-state index in [9.17, 15) is 0 Å². The maximum atomic E-state index is 4.56. The summed E-state index contributed by atoms with van der Waals surface area (Å²) in [6.07, 6.45) is 0. The fourth-order valence-electron chi connectivity index (χ4n) is 3.30. The molecule has 26 heavy (non-hydrogen) atoms. The molecule has 0 saturated carbocycles. The Morgan fingerprint density at radius 3 is 1.92 bits per heavy atom. The molecule has 0 aliphatic heterocycles. The van der Waals surface area contributed by atoms with Gasteiger partial charge in [-0.1, -0.05) is 60.5 Å². The van der Waals surface area contributed by atoms with Gasteiger partial charge >= 0.3 is 31.1 Å². The largest absolute Gasteiger partial charge is 2.00 e. The van der Waals surface area contributed by atoms with Crippen molar-refractivity contribution < 1.29 is 31.1 Å². The normalized spacial score (nSPS) is 13.0. The average Bonchev–Trinajstić information content (AvgIpc) is 2.61. The van der Waals surface area contributed by atoms with Crippen molar-refractivity contribution >= 4 is 0 Å². The summed E-state index contributed by atoms with van der Waals surface area (Å²) < 4.78 is 0. The quantitative estimate of drug-likeness (QED) is 0.319. The van der Waals surface area contributed by atoms with Crippen molar-refractivity contribution in [2.24, 2.45) is 0 Å². The Morgan fingerprint density at radius 1 is 0.731 bits per heavy atom. The summed E-state index contributed by atoms with van der Waals surface area (Å²) in [4.78, 5) is 0. The second-order valence-electron chi connectivity index (χ2n) is 7.16. The fourth-order valence-corrected chi connectivity index (χ4v) is 3.30. The molecular weight excluding hydrogens is 538 g/mol. The van der Waals surface area contributed by atoms with Gasteiger partial charge in [0.05, 0.1) is 0 Å². The summed E-state index contributed by atoms with van der Waals surface area (Å²) in [6, 6.07) is 25.4. The second kappa shape index (κ2) is 9.08. The Bertz CT molecular complexity index is 799. The first kappa shape index (κ1) is 21.0. The number of hydrogen-bond donors (Lipinski definition) is 0. The first-order valence-corrected chi connectivity index (χ1v) is 8.91. The molecule has 0 spiro atoms.